The SMILES string of the molecule is Cc1ncc(C(=O)N2CCN(C(=O)C3CC3)[C@@H]3CS(=O)(=O)C[C@@H]32)c(=O)[nH]1. The molecular weight excluding hydrogens is 360 g/mol. The van der Waals surface area contributed by atoms with Crippen molar-refractivity contribution in [2.45, 2.75) is 31.8 Å². The molecule has 1 aliphatic carbocycles. The third-order valence-corrected chi connectivity index (χ3v) is 7.00. The lowest BCUT2D eigenvalue weighted by molar-refractivity contribution is -0.137. The molecule has 26 heavy (non-hydrogen) atoms. The molecule has 2 saturated heterocycles. The second-order valence-corrected chi connectivity index (χ2v) is 9.38. The molecule has 0 spiro atoms. The van der Waals surface area contributed by atoms with Gasteiger partial charge in [-0.3, -0.25) is 14.4 Å². The van der Waals surface area contributed by atoms with Crippen LogP contribution < -0.4 is 5.56 Å². The molecule has 2 atom stereocenters. The van der Waals surface area contributed by atoms with Gasteiger partial charge in [0.2, 0.25) is 5.91 Å². The number of rotatable bonds is 2. The number of piperazine rings is 1. The van der Waals surface area contributed by atoms with E-state index in [0.717, 1.165) is 12.8 Å². The molecule has 0 bridgehead atoms. The van der Waals surface area contributed by atoms with Gasteiger partial charge in [-0.05, 0) is 19.8 Å². The first-order valence-electron chi connectivity index (χ1n) is 8.64. The van der Waals surface area contributed by atoms with Gasteiger partial charge >= 0.3 is 0 Å². The number of amides is 2. The van der Waals surface area contributed by atoms with E-state index < -0.39 is 33.4 Å². The minimum absolute atomic E-state index is 0.00894. The maximum absolute atomic E-state index is 12.9. The van der Waals surface area contributed by atoms with E-state index in [4.69, 9.17) is 0 Å². The zero-order valence-electron chi connectivity index (χ0n) is 14.3. The van der Waals surface area contributed by atoms with Gasteiger partial charge in [0.25, 0.3) is 11.5 Å². The predicted molar refractivity (Wildman–Crippen MR) is 91.3 cm³/mol. The van der Waals surface area contributed by atoms with E-state index >= 15 is 0 Å². The number of aromatic amines is 1. The van der Waals surface area contributed by atoms with E-state index in [2.05, 4.69) is 9.97 Å². The summed E-state index contributed by atoms with van der Waals surface area (Å²) in [6.07, 6.45) is 2.90. The number of aromatic nitrogens is 2. The summed E-state index contributed by atoms with van der Waals surface area (Å²) in [6, 6.07) is -1.16. The highest BCUT2D eigenvalue weighted by atomic mass is 32.2. The van der Waals surface area contributed by atoms with Crippen LogP contribution in [0.2, 0.25) is 0 Å². The van der Waals surface area contributed by atoms with Crippen molar-refractivity contribution < 1.29 is 18.0 Å². The molecule has 4 rings (SSSR count). The highest BCUT2D eigenvalue weighted by Gasteiger charge is 2.51. The quantitative estimate of drug-likeness (QED) is 0.698. The second kappa shape index (κ2) is 5.90. The topological polar surface area (TPSA) is 121 Å². The summed E-state index contributed by atoms with van der Waals surface area (Å²) < 4.78 is 24.4. The summed E-state index contributed by atoms with van der Waals surface area (Å²) in [5.74, 6) is -0.487. The Hall–Kier alpha value is -2.23. The molecule has 1 aromatic rings. The molecule has 1 aromatic heterocycles. The summed E-state index contributed by atoms with van der Waals surface area (Å²) in [7, 11) is -3.36. The number of hydrogen-bond acceptors (Lipinski definition) is 6. The summed E-state index contributed by atoms with van der Waals surface area (Å²) >= 11 is 0. The van der Waals surface area contributed by atoms with Gasteiger partial charge in [0.05, 0.1) is 23.6 Å². The molecule has 3 aliphatic rings. The number of nitrogens with one attached hydrogen (secondary N) is 1. The highest BCUT2D eigenvalue weighted by Crippen LogP contribution is 2.35. The van der Waals surface area contributed by atoms with Gasteiger partial charge in [-0.15, -0.1) is 0 Å². The fraction of sp³-hybridized carbons (Fsp3) is 0.625. The van der Waals surface area contributed by atoms with Crippen LogP contribution in [-0.4, -0.2) is 76.7 Å². The number of carbonyl (C=O) groups is 2. The van der Waals surface area contributed by atoms with Crippen LogP contribution >= 0.6 is 0 Å². The van der Waals surface area contributed by atoms with Gasteiger partial charge in [-0.2, -0.15) is 0 Å². The van der Waals surface area contributed by atoms with Gasteiger partial charge in [0.1, 0.15) is 11.4 Å². The molecule has 2 amide bonds. The maximum Gasteiger partial charge on any atom is 0.263 e. The Kier molecular flexibility index (Phi) is 3.90. The Labute approximate surface area is 150 Å². The minimum atomic E-state index is -3.36. The fourth-order valence-electron chi connectivity index (χ4n) is 3.83. The van der Waals surface area contributed by atoms with Crippen molar-refractivity contribution in [1.82, 2.24) is 19.8 Å². The first-order chi connectivity index (χ1) is 12.3. The van der Waals surface area contributed by atoms with Crippen LogP contribution in [-0.2, 0) is 14.6 Å². The van der Waals surface area contributed by atoms with Crippen LogP contribution in [0.5, 0.6) is 0 Å². The molecule has 0 unspecified atom stereocenters. The Balaban J connectivity index is 1.65. The van der Waals surface area contributed by atoms with Crippen LogP contribution in [0.25, 0.3) is 0 Å². The second-order valence-electron chi connectivity index (χ2n) is 7.23. The summed E-state index contributed by atoms with van der Waals surface area (Å²) in [5.41, 5.74) is -0.656. The lowest BCUT2D eigenvalue weighted by atomic mass is 10.0. The summed E-state index contributed by atoms with van der Waals surface area (Å²) in [6.45, 7) is 2.10. The lowest BCUT2D eigenvalue weighted by Crippen LogP contribution is -2.62. The van der Waals surface area contributed by atoms with Crippen molar-refractivity contribution in [3.05, 3.63) is 27.9 Å². The lowest BCUT2D eigenvalue weighted by Gasteiger charge is -2.43. The van der Waals surface area contributed by atoms with Crippen LogP contribution in [0.1, 0.15) is 29.0 Å². The first kappa shape index (κ1) is 17.2. The summed E-state index contributed by atoms with van der Waals surface area (Å²) in [5, 5.41) is 0. The van der Waals surface area contributed by atoms with Crippen molar-refractivity contribution in [2.75, 3.05) is 24.6 Å². The van der Waals surface area contributed by atoms with E-state index in [1.165, 1.54) is 11.1 Å². The highest BCUT2D eigenvalue weighted by molar-refractivity contribution is 7.91. The molecular formula is C16H20N4O5S. The average molecular weight is 380 g/mol. The molecule has 1 N–H and O–H groups in total. The van der Waals surface area contributed by atoms with E-state index in [9.17, 15) is 22.8 Å². The Bertz CT molecular complexity index is 936. The number of nitrogens with zero attached hydrogens (tertiary/aromatic N) is 3. The average Bonchev–Trinajstić information content (AvgIpc) is 3.35. The predicted octanol–water partition coefficient (Wildman–Crippen LogP) is -1.06. The van der Waals surface area contributed by atoms with Crippen LogP contribution in [0, 0.1) is 12.8 Å². The van der Waals surface area contributed by atoms with Crippen molar-refractivity contribution in [1.29, 1.82) is 0 Å². The Morgan fingerprint density at radius 3 is 2.38 bits per heavy atom. The van der Waals surface area contributed by atoms with Crippen molar-refractivity contribution in [2.24, 2.45) is 5.92 Å². The molecule has 9 nitrogen and oxygen atoms in total. The number of H-pyrrole nitrogens is 1. The third-order valence-electron chi connectivity index (χ3n) is 5.30. The zero-order valence-corrected chi connectivity index (χ0v) is 15.2. The maximum atomic E-state index is 12.9. The Morgan fingerprint density at radius 1 is 1.15 bits per heavy atom. The van der Waals surface area contributed by atoms with Crippen LogP contribution in [0.4, 0.5) is 0 Å². The van der Waals surface area contributed by atoms with Gasteiger partial charge in [0.15, 0.2) is 9.84 Å². The molecule has 0 aromatic carbocycles. The largest absolute Gasteiger partial charge is 0.335 e. The monoisotopic (exact) mass is 380 g/mol. The molecule has 10 heteroatoms. The Morgan fingerprint density at radius 2 is 1.77 bits per heavy atom. The number of sulfone groups is 1. The molecule has 3 heterocycles. The number of fused-ring (bicyclic) bond motifs is 1. The van der Waals surface area contributed by atoms with Crippen molar-refractivity contribution in [3.63, 3.8) is 0 Å². The first-order valence-corrected chi connectivity index (χ1v) is 10.5. The van der Waals surface area contributed by atoms with Crippen molar-refractivity contribution >= 4 is 21.7 Å². The van der Waals surface area contributed by atoms with E-state index in [-0.39, 0.29) is 42.0 Å². The normalized spacial score (nSPS) is 27.3. The number of aryl methyl sites for hydroxylation is 1. The van der Waals surface area contributed by atoms with Gasteiger partial charge in [-0.25, -0.2) is 13.4 Å². The molecule has 140 valence electrons. The smallest absolute Gasteiger partial charge is 0.263 e. The standard InChI is InChI=1S/C16H20N4O5S/c1-9-17-6-11(14(21)18-9)16(23)20-5-4-19(15(22)10-2-3-10)12-7-26(24,25)8-13(12)20/h6,10,12-13H,2-5,7-8H2,1H3,(H,17,18,21)/t12-,13+/m1/s1. The van der Waals surface area contributed by atoms with E-state index in [1.807, 2.05) is 0 Å². The van der Waals surface area contributed by atoms with Crippen LogP contribution in [0.3, 0.4) is 0 Å². The van der Waals surface area contributed by atoms with Gasteiger partial charge < -0.3 is 14.8 Å². The summed E-state index contributed by atoms with van der Waals surface area (Å²) in [4.78, 5) is 47.0. The number of carbonyl (C=O) groups excluding carboxylic acids is 2. The van der Waals surface area contributed by atoms with Crippen LogP contribution in [0.15, 0.2) is 11.0 Å². The molecule has 3 fully saturated rings. The van der Waals surface area contributed by atoms with Gasteiger partial charge in [-0.1, -0.05) is 0 Å². The van der Waals surface area contributed by atoms with E-state index in [0.29, 0.717) is 5.82 Å². The third kappa shape index (κ3) is 2.91. The minimum Gasteiger partial charge on any atom is -0.335 e. The van der Waals surface area contributed by atoms with Gasteiger partial charge in [0, 0.05) is 25.2 Å². The molecule has 1 saturated carbocycles. The zero-order chi connectivity index (χ0) is 18.6. The van der Waals surface area contributed by atoms with E-state index in [1.54, 1.807) is 11.8 Å². The van der Waals surface area contributed by atoms with Crippen molar-refractivity contribution in [3.8, 4) is 0 Å². The molecule has 0 radical (unpaired) electrons. The molecule has 2 aliphatic heterocycles. The number of hydrogen-bond donors (Lipinski definition) is 1. The fourth-order valence-corrected chi connectivity index (χ4v) is 5.82.